The van der Waals surface area contributed by atoms with Gasteiger partial charge >= 0.3 is 6.18 Å². The van der Waals surface area contributed by atoms with Gasteiger partial charge in [-0.25, -0.2) is 4.39 Å². The number of hydrogen-bond donors (Lipinski definition) is 1. The van der Waals surface area contributed by atoms with Crippen molar-refractivity contribution >= 4 is 28.8 Å². The predicted octanol–water partition coefficient (Wildman–Crippen LogP) is 3.32. The largest absolute Gasteiger partial charge is 0.492 e. The van der Waals surface area contributed by atoms with Crippen molar-refractivity contribution in [3.63, 3.8) is 0 Å². The molecule has 18 heavy (non-hydrogen) atoms. The highest BCUT2D eigenvalue weighted by Gasteiger charge is 2.42. The molecule has 1 atom stereocenters. The zero-order valence-electron chi connectivity index (χ0n) is 8.80. The monoisotopic (exact) mass is 301 g/mol. The fourth-order valence-corrected chi connectivity index (χ4v) is 1.46. The Kier molecular flexibility index (Phi) is 4.75. The summed E-state index contributed by atoms with van der Waals surface area (Å²) in [5, 5.41) is -0.244. The smallest absolute Gasteiger partial charge is 0.401 e. The highest BCUT2D eigenvalue weighted by atomic mass is 35.5. The zero-order chi connectivity index (χ0) is 13.9. The molecule has 0 saturated carbocycles. The summed E-state index contributed by atoms with van der Waals surface area (Å²) < 4.78 is 55.1. The normalized spacial score (nSPS) is 13.2. The molecule has 0 bridgehead atoms. The van der Waals surface area contributed by atoms with Crippen molar-refractivity contribution in [1.82, 2.24) is 0 Å². The number of alkyl halides is 3. The van der Waals surface area contributed by atoms with Crippen molar-refractivity contribution < 1.29 is 22.3 Å². The van der Waals surface area contributed by atoms with E-state index in [1.807, 2.05) is 0 Å². The molecule has 0 radical (unpaired) electrons. The lowest BCUT2D eigenvalue weighted by molar-refractivity contribution is -0.161. The molecule has 100 valence electrons. The molecule has 1 rings (SSSR count). The quantitative estimate of drug-likeness (QED) is 0.684. The summed E-state index contributed by atoms with van der Waals surface area (Å²) >= 11 is 9.77. The SMILES string of the molecule is NC(=S)C(COc1ccc(F)c(Cl)c1)C(F)(F)F. The molecule has 8 heteroatoms. The van der Waals surface area contributed by atoms with Crippen LogP contribution in [0.5, 0.6) is 5.75 Å². The molecule has 0 amide bonds. The Labute approximate surface area is 111 Å². The third kappa shape index (κ3) is 3.99. The van der Waals surface area contributed by atoms with Gasteiger partial charge in [-0.05, 0) is 12.1 Å². The van der Waals surface area contributed by atoms with E-state index in [9.17, 15) is 17.6 Å². The molecule has 0 aliphatic heterocycles. The molecule has 0 aliphatic rings. The maximum Gasteiger partial charge on any atom is 0.401 e. The Balaban J connectivity index is 2.73. The first-order valence-corrected chi connectivity index (χ1v) is 5.44. The summed E-state index contributed by atoms with van der Waals surface area (Å²) in [4.78, 5) is -0.712. The Bertz CT molecular complexity index is 452. The second-order valence-corrected chi connectivity index (χ2v) is 4.26. The van der Waals surface area contributed by atoms with Crippen molar-refractivity contribution in [2.75, 3.05) is 6.61 Å². The third-order valence-corrected chi connectivity index (χ3v) is 2.62. The molecule has 0 heterocycles. The van der Waals surface area contributed by atoms with Gasteiger partial charge in [-0.3, -0.25) is 0 Å². The minimum Gasteiger partial charge on any atom is -0.492 e. The van der Waals surface area contributed by atoms with Gasteiger partial charge in [-0.1, -0.05) is 23.8 Å². The van der Waals surface area contributed by atoms with E-state index in [0.29, 0.717) is 0 Å². The van der Waals surface area contributed by atoms with Crippen LogP contribution in [0.2, 0.25) is 5.02 Å². The molecular weight excluding hydrogens is 294 g/mol. The van der Waals surface area contributed by atoms with Crippen LogP contribution in [-0.2, 0) is 0 Å². The van der Waals surface area contributed by atoms with E-state index in [2.05, 4.69) is 12.2 Å². The predicted molar refractivity (Wildman–Crippen MR) is 63.2 cm³/mol. The molecule has 0 fully saturated rings. The molecule has 0 aromatic heterocycles. The standard InChI is InChI=1S/C10H8ClF4NOS/c11-7-3-5(1-2-8(7)12)17-4-6(9(16)18)10(13,14)15/h1-3,6H,4H2,(H2,16,18). The summed E-state index contributed by atoms with van der Waals surface area (Å²) in [6.07, 6.45) is -4.59. The fourth-order valence-electron chi connectivity index (χ4n) is 1.08. The van der Waals surface area contributed by atoms with Crippen LogP contribution < -0.4 is 10.5 Å². The van der Waals surface area contributed by atoms with Gasteiger partial charge in [-0.2, -0.15) is 13.2 Å². The van der Waals surface area contributed by atoms with Gasteiger partial charge in [0.1, 0.15) is 24.1 Å². The van der Waals surface area contributed by atoms with Crippen molar-refractivity contribution in [1.29, 1.82) is 0 Å². The number of benzene rings is 1. The van der Waals surface area contributed by atoms with Gasteiger partial charge in [0, 0.05) is 6.07 Å². The average molecular weight is 302 g/mol. The van der Waals surface area contributed by atoms with E-state index in [1.54, 1.807) is 0 Å². The second-order valence-electron chi connectivity index (χ2n) is 3.38. The summed E-state index contributed by atoms with van der Waals surface area (Å²) in [5.74, 6) is -2.74. The first-order chi connectivity index (χ1) is 8.21. The zero-order valence-corrected chi connectivity index (χ0v) is 10.4. The van der Waals surface area contributed by atoms with Gasteiger partial charge < -0.3 is 10.5 Å². The first-order valence-electron chi connectivity index (χ1n) is 4.65. The van der Waals surface area contributed by atoms with Crippen LogP contribution in [0.3, 0.4) is 0 Å². The van der Waals surface area contributed by atoms with Crippen molar-refractivity contribution in [3.05, 3.63) is 29.0 Å². The Morgan fingerprint density at radius 3 is 2.50 bits per heavy atom. The number of ether oxygens (including phenoxy) is 1. The summed E-state index contributed by atoms with van der Waals surface area (Å²) in [5.41, 5.74) is 4.99. The minimum atomic E-state index is -4.59. The van der Waals surface area contributed by atoms with Gasteiger partial charge in [-0.15, -0.1) is 0 Å². The van der Waals surface area contributed by atoms with Crippen LogP contribution in [0.4, 0.5) is 17.6 Å². The lowest BCUT2D eigenvalue weighted by atomic mass is 10.1. The lowest BCUT2D eigenvalue weighted by Crippen LogP contribution is -2.38. The summed E-state index contributed by atoms with van der Waals surface area (Å²) in [6, 6.07) is 3.22. The van der Waals surface area contributed by atoms with E-state index in [1.165, 1.54) is 0 Å². The van der Waals surface area contributed by atoms with Crippen LogP contribution >= 0.6 is 23.8 Å². The van der Waals surface area contributed by atoms with Crippen LogP contribution in [0.15, 0.2) is 18.2 Å². The van der Waals surface area contributed by atoms with Crippen LogP contribution in [0.1, 0.15) is 0 Å². The van der Waals surface area contributed by atoms with Crippen LogP contribution in [0, 0.1) is 11.7 Å². The van der Waals surface area contributed by atoms with E-state index < -0.39 is 29.5 Å². The number of nitrogens with two attached hydrogens (primary N) is 1. The second kappa shape index (κ2) is 5.71. The molecule has 0 spiro atoms. The van der Waals surface area contributed by atoms with E-state index in [0.717, 1.165) is 18.2 Å². The number of hydrogen-bond acceptors (Lipinski definition) is 2. The average Bonchev–Trinajstić information content (AvgIpc) is 2.21. The maximum atomic E-state index is 12.8. The molecule has 2 nitrogen and oxygen atoms in total. The Hall–Kier alpha value is -1.08. The highest BCUT2D eigenvalue weighted by Crippen LogP contribution is 2.28. The molecule has 2 N–H and O–H groups in total. The molecule has 1 aromatic rings. The van der Waals surface area contributed by atoms with E-state index >= 15 is 0 Å². The topological polar surface area (TPSA) is 35.2 Å². The van der Waals surface area contributed by atoms with Crippen LogP contribution in [-0.4, -0.2) is 17.8 Å². The number of halogens is 5. The first kappa shape index (κ1) is 15.0. The minimum absolute atomic E-state index is 0.00639. The third-order valence-electron chi connectivity index (χ3n) is 2.05. The van der Waals surface area contributed by atoms with E-state index in [4.69, 9.17) is 22.1 Å². The molecule has 1 unspecified atom stereocenters. The van der Waals surface area contributed by atoms with Gasteiger partial charge in [0.25, 0.3) is 0 Å². The van der Waals surface area contributed by atoms with Gasteiger partial charge in [0.15, 0.2) is 0 Å². The maximum absolute atomic E-state index is 12.8. The number of rotatable bonds is 4. The van der Waals surface area contributed by atoms with Crippen molar-refractivity contribution in [2.45, 2.75) is 6.18 Å². The van der Waals surface area contributed by atoms with Crippen LogP contribution in [0.25, 0.3) is 0 Å². The summed E-state index contributed by atoms with van der Waals surface area (Å²) in [6.45, 7) is -0.777. The summed E-state index contributed by atoms with van der Waals surface area (Å²) in [7, 11) is 0. The fraction of sp³-hybridized carbons (Fsp3) is 0.300. The number of thiocarbonyl (C=S) groups is 1. The van der Waals surface area contributed by atoms with Gasteiger partial charge in [0.2, 0.25) is 0 Å². The van der Waals surface area contributed by atoms with Crippen molar-refractivity contribution in [2.24, 2.45) is 11.7 Å². The van der Waals surface area contributed by atoms with E-state index in [-0.39, 0.29) is 10.8 Å². The lowest BCUT2D eigenvalue weighted by Gasteiger charge is -2.19. The molecule has 0 saturated heterocycles. The molecular formula is C10H8ClF4NOS. The molecule has 1 aromatic carbocycles. The van der Waals surface area contributed by atoms with Gasteiger partial charge in [0.05, 0.1) is 10.0 Å². The molecule has 0 aliphatic carbocycles. The highest BCUT2D eigenvalue weighted by molar-refractivity contribution is 7.80. The van der Waals surface area contributed by atoms with Crippen molar-refractivity contribution in [3.8, 4) is 5.75 Å². The Morgan fingerprint density at radius 2 is 2.06 bits per heavy atom. The Morgan fingerprint density at radius 1 is 1.44 bits per heavy atom.